The molecule has 0 atom stereocenters. The van der Waals surface area contributed by atoms with E-state index < -0.39 is 11.6 Å². The predicted octanol–water partition coefficient (Wildman–Crippen LogP) is 4.38. The van der Waals surface area contributed by atoms with Gasteiger partial charge in [0.1, 0.15) is 17.7 Å². The Morgan fingerprint density at radius 2 is 1.93 bits per heavy atom. The van der Waals surface area contributed by atoms with Crippen LogP contribution in [-0.2, 0) is 4.79 Å². The number of nitrogens with zero attached hydrogens (tertiary/aromatic N) is 1. The molecule has 1 aliphatic rings. The highest BCUT2D eigenvalue weighted by Gasteiger charge is 2.25. The van der Waals surface area contributed by atoms with Gasteiger partial charge in [-0.05, 0) is 42.8 Å². The van der Waals surface area contributed by atoms with E-state index in [1.807, 2.05) is 6.92 Å². The number of rotatable bonds is 5. The van der Waals surface area contributed by atoms with Crippen molar-refractivity contribution in [2.75, 3.05) is 19.7 Å². The molecule has 1 fully saturated rings. The van der Waals surface area contributed by atoms with Crippen LogP contribution in [0, 0.1) is 18.6 Å². The zero-order chi connectivity index (χ0) is 19.4. The van der Waals surface area contributed by atoms with Gasteiger partial charge in [0.05, 0.1) is 0 Å². The molecule has 0 saturated carbocycles. The maximum atomic E-state index is 13.7. The lowest BCUT2D eigenvalue weighted by molar-refractivity contribution is -0.135. The third-order valence-corrected chi connectivity index (χ3v) is 4.90. The fourth-order valence-electron chi connectivity index (χ4n) is 2.92. The summed E-state index contributed by atoms with van der Waals surface area (Å²) in [5.41, 5.74) is 0.882. The molecule has 1 amide bonds. The summed E-state index contributed by atoms with van der Waals surface area (Å²) in [5.74, 6) is -0.858. The SMILES string of the molecule is Cc1cc(OCC(=O)N2CCC(Oc3ccc(F)cc3F)CC2)ccc1Cl. The van der Waals surface area contributed by atoms with Gasteiger partial charge in [0, 0.05) is 37.0 Å². The average molecular weight is 396 g/mol. The molecule has 0 unspecified atom stereocenters. The molecule has 2 aromatic carbocycles. The minimum absolute atomic E-state index is 0.0302. The molecule has 0 radical (unpaired) electrons. The van der Waals surface area contributed by atoms with Crippen molar-refractivity contribution in [2.24, 2.45) is 0 Å². The van der Waals surface area contributed by atoms with Crippen molar-refractivity contribution >= 4 is 17.5 Å². The van der Waals surface area contributed by atoms with Crippen molar-refractivity contribution in [2.45, 2.75) is 25.9 Å². The smallest absolute Gasteiger partial charge is 0.260 e. The molecule has 1 aliphatic heterocycles. The van der Waals surface area contributed by atoms with Gasteiger partial charge in [-0.3, -0.25) is 4.79 Å². The lowest BCUT2D eigenvalue weighted by Gasteiger charge is -2.32. The standard InChI is InChI=1S/C20H20ClF2NO3/c1-13-10-16(3-4-17(13)21)26-12-20(25)24-8-6-15(7-9-24)27-19-5-2-14(22)11-18(19)23/h2-5,10-11,15H,6-9,12H2,1H3. The van der Waals surface area contributed by atoms with Crippen molar-refractivity contribution in [3.8, 4) is 11.5 Å². The maximum Gasteiger partial charge on any atom is 0.260 e. The monoisotopic (exact) mass is 395 g/mol. The van der Waals surface area contributed by atoms with Gasteiger partial charge in [0.25, 0.3) is 5.91 Å². The molecule has 7 heteroatoms. The fourth-order valence-corrected chi connectivity index (χ4v) is 3.03. The molecule has 4 nitrogen and oxygen atoms in total. The Morgan fingerprint density at radius 3 is 2.59 bits per heavy atom. The van der Waals surface area contributed by atoms with E-state index in [0.717, 1.165) is 17.7 Å². The number of benzene rings is 2. The number of carbonyl (C=O) groups is 1. The number of likely N-dealkylation sites (tertiary alicyclic amines) is 1. The third kappa shape index (κ3) is 5.10. The summed E-state index contributed by atoms with van der Waals surface area (Å²) in [6.07, 6.45) is 0.930. The average Bonchev–Trinajstić information content (AvgIpc) is 2.65. The first-order valence-electron chi connectivity index (χ1n) is 8.71. The number of piperidine rings is 1. The molecular formula is C20H20ClF2NO3. The Bertz CT molecular complexity index is 823. The van der Waals surface area contributed by atoms with Crippen molar-refractivity contribution in [1.82, 2.24) is 4.90 Å². The van der Waals surface area contributed by atoms with Gasteiger partial charge in [-0.15, -0.1) is 0 Å². The van der Waals surface area contributed by atoms with Gasteiger partial charge in [-0.2, -0.15) is 0 Å². The van der Waals surface area contributed by atoms with Crippen LogP contribution in [0.2, 0.25) is 5.02 Å². The summed E-state index contributed by atoms with van der Waals surface area (Å²) >= 11 is 5.97. The van der Waals surface area contributed by atoms with Crippen LogP contribution >= 0.6 is 11.6 Å². The number of halogens is 3. The van der Waals surface area contributed by atoms with Crippen LogP contribution in [0.1, 0.15) is 18.4 Å². The Kier molecular flexibility index (Phi) is 6.16. The Labute approximate surface area is 161 Å². The lowest BCUT2D eigenvalue weighted by atomic mass is 10.1. The van der Waals surface area contributed by atoms with E-state index in [1.165, 1.54) is 6.07 Å². The Hall–Kier alpha value is -2.34. The summed E-state index contributed by atoms with van der Waals surface area (Å²) in [5, 5.41) is 0.647. The zero-order valence-corrected chi connectivity index (χ0v) is 15.6. The molecule has 1 saturated heterocycles. The largest absolute Gasteiger partial charge is 0.487 e. The van der Waals surface area contributed by atoms with Crippen LogP contribution in [-0.4, -0.2) is 36.6 Å². The van der Waals surface area contributed by atoms with E-state index in [4.69, 9.17) is 21.1 Å². The number of amides is 1. The molecule has 1 heterocycles. The quantitative estimate of drug-likeness (QED) is 0.754. The van der Waals surface area contributed by atoms with Crippen LogP contribution in [0.3, 0.4) is 0 Å². The summed E-state index contributed by atoms with van der Waals surface area (Å²) in [6.45, 7) is 2.80. The lowest BCUT2D eigenvalue weighted by Crippen LogP contribution is -2.43. The number of carbonyl (C=O) groups excluding carboxylic acids is 1. The maximum absolute atomic E-state index is 13.7. The Morgan fingerprint density at radius 1 is 1.19 bits per heavy atom. The predicted molar refractivity (Wildman–Crippen MR) is 98.3 cm³/mol. The third-order valence-electron chi connectivity index (χ3n) is 4.47. The van der Waals surface area contributed by atoms with Gasteiger partial charge < -0.3 is 14.4 Å². The van der Waals surface area contributed by atoms with Gasteiger partial charge >= 0.3 is 0 Å². The van der Waals surface area contributed by atoms with Crippen molar-refractivity contribution in [3.05, 3.63) is 58.6 Å². The summed E-state index contributed by atoms with van der Waals surface area (Å²) in [4.78, 5) is 14.0. The van der Waals surface area contributed by atoms with Crippen molar-refractivity contribution in [1.29, 1.82) is 0 Å². The molecule has 0 aromatic heterocycles. The van der Waals surface area contributed by atoms with Gasteiger partial charge in [0.15, 0.2) is 18.2 Å². The van der Waals surface area contributed by atoms with Crippen LogP contribution in [0.5, 0.6) is 11.5 Å². The normalized spacial score (nSPS) is 14.9. The number of ether oxygens (including phenoxy) is 2. The first-order valence-corrected chi connectivity index (χ1v) is 9.08. The van der Waals surface area contributed by atoms with Gasteiger partial charge in [0.2, 0.25) is 0 Å². The second-order valence-corrected chi connectivity index (χ2v) is 6.88. The fraction of sp³-hybridized carbons (Fsp3) is 0.350. The van der Waals surface area contributed by atoms with E-state index in [9.17, 15) is 13.6 Å². The molecule has 27 heavy (non-hydrogen) atoms. The topological polar surface area (TPSA) is 38.8 Å². The molecule has 0 N–H and O–H groups in total. The van der Waals surface area contributed by atoms with Crippen LogP contribution in [0.25, 0.3) is 0 Å². The van der Waals surface area contributed by atoms with E-state index in [-0.39, 0.29) is 24.4 Å². The second-order valence-electron chi connectivity index (χ2n) is 6.47. The zero-order valence-electron chi connectivity index (χ0n) is 14.9. The van der Waals surface area contributed by atoms with Gasteiger partial charge in [-0.25, -0.2) is 8.78 Å². The van der Waals surface area contributed by atoms with Crippen molar-refractivity contribution in [3.63, 3.8) is 0 Å². The summed E-state index contributed by atoms with van der Waals surface area (Å²) in [7, 11) is 0. The van der Waals surface area contributed by atoms with Gasteiger partial charge in [-0.1, -0.05) is 11.6 Å². The highest BCUT2D eigenvalue weighted by atomic mass is 35.5. The Balaban J connectivity index is 1.46. The number of hydrogen-bond acceptors (Lipinski definition) is 3. The van der Waals surface area contributed by atoms with Crippen LogP contribution in [0.4, 0.5) is 8.78 Å². The molecule has 0 aliphatic carbocycles. The highest BCUT2D eigenvalue weighted by Crippen LogP contribution is 2.24. The van der Waals surface area contributed by atoms with Crippen molar-refractivity contribution < 1.29 is 23.0 Å². The molecule has 0 spiro atoms. The minimum Gasteiger partial charge on any atom is -0.487 e. The molecule has 144 valence electrons. The molecule has 3 rings (SSSR count). The summed E-state index contributed by atoms with van der Waals surface area (Å²) < 4.78 is 37.8. The number of hydrogen-bond donors (Lipinski definition) is 0. The van der Waals surface area contributed by atoms with Crippen LogP contribution in [0.15, 0.2) is 36.4 Å². The highest BCUT2D eigenvalue weighted by molar-refractivity contribution is 6.31. The molecule has 0 bridgehead atoms. The summed E-state index contributed by atoms with van der Waals surface area (Å²) in [6, 6.07) is 8.47. The van der Waals surface area contributed by atoms with Crippen LogP contribution < -0.4 is 9.47 Å². The molecular weight excluding hydrogens is 376 g/mol. The first-order chi connectivity index (χ1) is 12.9. The first kappa shape index (κ1) is 19.4. The van der Waals surface area contributed by atoms with E-state index >= 15 is 0 Å². The minimum atomic E-state index is -0.722. The number of aryl methyl sites for hydroxylation is 1. The van der Waals surface area contributed by atoms with E-state index in [2.05, 4.69) is 0 Å². The molecule has 2 aromatic rings. The van der Waals surface area contributed by atoms with E-state index in [0.29, 0.717) is 36.7 Å². The van der Waals surface area contributed by atoms with E-state index in [1.54, 1.807) is 23.1 Å². The second kappa shape index (κ2) is 8.57.